The number of carbonyl (C=O) groups excluding carboxylic acids is 2. The van der Waals surface area contributed by atoms with Crippen LogP contribution in [-0.4, -0.2) is 51.4 Å². The molecule has 1 atom stereocenters. The van der Waals surface area contributed by atoms with Gasteiger partial charge in [0.2, 0.25) is 5.91 Å². The van der Waals surface area contributed by atoms with E-state index in [4.69, 9.17) is 17.0 Å². The monoisotopic (exact) mass is 429 g/mol. The lowest BCUT2D eigenvalue weighted by Crippen LogP contribution is -2.34. The Morgan fingerprint density at radius 3 is 2.97 bits per heavy atom. The maximum absolute atomic E-state index is 12.5. The number of hydrogen-bond acceptors (Lipinski definition) is 5. The van der Waals surface area contributed by atoms with Gasteiger partial charge in [0, 0.05) is 42.4 Å². The topological polar surface area (TPSA) is 63.6 Å². The molecule has 152 valence electrons. The third-order valence-corrected chi connectivity index (χ3v) is 6.54. The molecule has 2 fully saturated rings. The minimum Gasteiger partial charge on any atom is -0.376 e. The number of ether oxygens (including phenoxy) is 1. The van der Waals surface area contributed by atoms with E-state index in [0.717, 1.165) is 35.9 Å². The van der Waals surface area contributed by atoms with Crippen LogP contribution in [0, 0.1) is 0 Å². The average Bonchev–Trinajstić information content (AvgIpc) is 3.41. The average molecular weight is 430 g/mol. The van der Waals surface area contributed by atoms with E-state index in [2.05, 4.69) is 5.32 Å². The minimum atomic E-state index is -0.0614. The fourth-order valence-corrected chi connectivity index (χ4v) is 5.05. The lowest BCUT2D eigenvalue weighted by atomic mass is 10.1. The lowest BCUT2D eigenvalue weighted by Gasteiger charge is -2.11. The Morgan fingerprint density at radius 2 is 2.24 bits per heavy atom. The molecular weight excluding hydrogens is 406 g/mol. The standard InChI is InChI=1S/C21H23N3O3S2/c1-2-24-20(26)18(29-21(24)28)10-14-12-23(17-8-4-3-7-16(14)17)13-19(25)22-11-15-6-5-9-27-15/h3-4,7-8,10,12,15H,2,5-6,9,11,13H2,1H3,(H,22,25)/b18-10-/t15-/m0/s1. The fraction of sp³-hybridized carbons (Fsp3) is 0.381. The summed E-state index contributed by atoms with van der Waals surface area (Å²) in [5, 5.41) is 3.97. The first-order valence-electron chi connectivity index (χ1n) is 9.78. The van der Waals surface area contributed by atoms with E-state index in [0.29, 0.717) is 22.3 Å². The van der Waals surface area contributed by atoms with Gasteiger partial charge in [0.25, 0.3) is 5.91 Å². The molecule has 2 aliphatic heterocycles. The zero-order chi connectivity index (χ0) is 20.4. The second kappa shape index (κ2) is 8.69. The van der Waals surface area contributed by atoms with E-state index in [1.165, 1.54) is 11.8 Å². The van der Waals surface area contributed by atoms with Crippen molar-refractivity contribution >= 4 is 57.1 Å². The number of nitrogens with one attached hydrogen (secondary N) is 1. The summed E-state index contributed by atoms with van der Waals surface area (Å²) in [6, 6.07) is 7.89. The summed E-state index contributed by atoms with van der Waals surface area (Å²) in [5.41, 5.74) is 1.86. The highest BCUT2D eigenvalue weighted by Gasteiger charge is 2.30. The lowest BCUT2D eigenvalue weighted by molar-refractivity contribution is -0.122. The molecule has 2 amide bonds. The molecule has 29 heavy (non-hydrogen) atoms. The van der Waals surface area contributed by atoms with Gasteiger partial charge in [0.15, 0.2) is 0 Å². The molecule has 4 rings (SSSR count). The van der Waals surface area contributed by atoms with Crippen LogP contribution >= 0.6 is 24.0 Å². The van der Waals surface area contributed by atoms with E-state index >= 15 is 0 Å². The van der Waals surface area contributed by atoms with Crippen molar-refractivity contribution in [3.05, 3.63) is 40.9 Å². The predicted molar refractivity (Wildman–Crippen MR) is 119 cm³/mol. The van der Waals surface area contributed by atoms with E-state index in [1.54, 1.807) is 4.90 Å². The highest BCUT2D eigenvalue weighted by Crippen LogP contribution is 2.34. The van der Waals surface area contributed by atoms with E-state index in [1.807, 2.05) is 48.0 Å². The molecule has 3 heterocycles. The number of thioether (sulfide) groups is 1. The summed E-state index contributed by atoms with van der Waals surface area (Å²) in [5.74, 6) is -0.112. The molecule has 8 heteroatoms. The van der Waals surface area contributed by atoms with Crippen molar-refractivity contribution in [2.75, 3.05) is 19.7 Å². The number of amides is 2. The fourth-order valence-electron chi connectivity index (χ4n) is 3.68. The molecule has 0 spiro atoms. The van der Waals surface area contributed by atoms with Crippen molar-refractivity contribution in [3.8, 4) is 0 Å². The largest absolute Gasteiger partial charge is 0.376 e. The summed E-state index contributed by atoms with van der Waals surface area (Å²) >= 11 is 6.62. The van der Waals surface area contributed by atoms with Crippen molar-refractivity contribution in [2.24, 2.45) is 0 Å². The second-order valence-electron chi connectivity index (χ2n) is 7.09. The van der Waals surface area contributed by atoms with Crippen LogP contribution < -0.4 is 5.32 Å². The SMILES string of the molecule is CCN1C(=O)/C(=C/c2cn(CC(=O)NC[C@@H]3CCCO3)c3ccccc23)SC1=S. The molecule has 0 unspecified atom stereocenters. The summed E-state index contributed by atoms with van der Waals surface area (Å²) in [6.07, 6.45) is 5.97. The smallest absolute Gasteiger partial charge is 0.266 e. The number of fused-ring (bicyclic) bond motifs is 1. The first kappa shape index (κ1) is 20.1. The number of carbonyl (C=O) groups is 2. The first-order valence-corrected chi connectivity index (χ1v) is 11.0. The van der Waals surface area contributed by atoms with Gasteiger partial charge in [-0.1, -0.05) is 42.2 Å². The molecular formula is C21H23N3O3S2. The summed E-state index contributed by atoms with van der Waals surface area (Å²) in [6.45, 7) is 4.02. The summed E-state index contributed by atoms with van der Waals surface area (Å²) in [7, 11) is 0. The van der Waals surface area contributed by atoms with Crippen molar-refractivity contribution in [1.29, 1.82) is 0 Å². The van der Waals surface area contributed by atoms with Gasteiger partial charge in [-0.3, -0.25) is 14.5 Å². The summed E-state index contributed by atoms with van der Waals surface area (Å²) in [4.78, 5) is 27.2. The van der Waals surface area contributed by atoms with Crippen molar-refractivity contribution in [2.45, 2.75) is 32.4 Å². The third kappa shape index (κ3) is 4.24. The zero-order valence-electron chi connectivity index (χ0n) is 16.2. The minimum absolute atomic E-state index is 0.0508. The van der Waals surface area contributed by atoms with Crippen LogP contribution in [0.25, 0.3) is 17.0 Å². The van der Waals surface area contributed by atoms with Gasteiger partial charge in [-0.05, 0) is 31.9 Å². The zero-order valence-corrected chi connectivity index (χ0v) is 17.9. The molecule has 2 aromatic rings. The number of nitrogens with zero attached hydrogens (tertiary/aromatic N) is 2. The molecule has 2 saturated heterocycles. The van der Waals surface area contributed by atoms with Crippen LogP contribution in [0.4, 0.5) is 0 Å². The molecule has 1 aromatic carbocycles. The third-order valence-electron chi connectivity index (χ3n) is 5.16. The molecule has 6 nitrogen and oxygen atoms in total. The molecule has 1 N–H and O–H groups in total. The number of likely N-dealkylation sites (N-methyl/N-ethyl adjacent to an activating group) is 1. The van der Waals surface area contributed by atoms with Crippen LogP contribution in [0.1, 0.15) is 25.3 Å². The summed E-state index contributed by atoms with van der Waals surface area (Å²) < 4.78 is 8.07. The van der Waals surface area contributed by atoms with Crippen molar-refractivity contribution < 1.29 is 14.3 Å². The number of benzene rings is 1. The Bertz CT molecular complexity index is 992. The van der Waals surface area contributed by atoms with Gasteiger partial charge in [0.1, 0.15) is 10.9 Å². The van der Waals surface area contributed by atoms with Gasteiger partial charge < -0.3 is 14.6 Å². The van der Waals surface area contributed by atoms with Gasteiger partial charge in [-0.2, -0.15) is 0 Å². The Labute approximate surface area is 179 Å². The first-order chi connectivity index (χ1) is 14.1. The van der Waals surface area contributed by atoms with Crippen molar-refractivity contribution in [1.82, 2.24) is 14.8 Å². The molecule has 0 bridgehead atoms. The molecule has 0 saturated carbocycles. The Kier molecular flexibility index (Phi) is 6.03. The van der Waals surface area contributed by atoms with E-state index in [-0.39, 0.29) is 24.5 Å². The van der Waals surface area contributed by atoms with Crippen LogP contribution in [0.2, 0.25) is 0 Å². The quantitative estimate of drug-likeness (QED) is 0.565. The highest BCUT2D eigenvalue weighted by molar-refractivity contribution is 8.26. The number of hydrogen-bond donors (Lipinski definition) is 1. The maximum atomic E-state index is 12.5. The predicted octanol–water partition coefficient (Wildman–Crippen LogP) is 3.16. The van der Waals surface area contributed by atoms with Crippen LogP contribution in [-0.2, 0) is 20.9 Å². The number of thiocarbonyl (C=S) groups is 1. The number of rotatable bonds is 6. The molecule has 1 aromatic heterocycles. The van der Waals surface area contributed by atoms with Gasteiger partial charge in [0.05, 0.1) is 11.0 Å². The Balaban J connectivity index is 1.55. The number of para-hydroxylation sites is 1. The molecule has 0 aliphatic carbocycles. The van der Waals surface area contributed by atoms with Gasteiger partial charge in [-0.25, -0.2) is 0 Å². The Morgan fingerprint density at radius 1 is 1.41 bits per heavy atom. The van der Waals surface area contributed by atoms with Gasteiger partial charge in [-0.15, -0.1) is 0 Å². The molecule has 0 radical (unpaired) electrons. The van der Waals surface area contributed by atoms with Crippen LogP contribution in [0.5, 0.6) is 0 Å². The van der Waals surface area contributed by atoms with E-state index in [9.17, 15) is 9.59 Å². The highest BCUT2D eigenvalue weighted by atomic mass is 32.2. The Hall–Kier alpha value is -2.16. The maximum Gasteiger partial charge on any atom is 0.266 e. The van der Waals surface area contributed by atoms with Crippen molar-refractivity contribution in [3.63, 3.8) is 0 Å². The van der Waals surface area contributed by atoms with Crippen LogP contribution in [0.15, 0.2) is 35.4 Å². The van der Waals surface area contributed by atoms with E-state index < -0.39 is 0 Å². The normalized spacial score (nSPS) is 20.9. The number of aromatic nitrogens is 1. The molecule has 2 aliphatic rings. The van der Waals surface area contributed by atoms with Crippen LogP contribution in [0.3, 0.4) is 0 Å². The van der Waals surface area contributed by atoms with Gasteiger partial charge >= 0.3 is 0 Å². The second-order valence-corrected chi connectivity index (χ2v) is 8.77.